The van der Waals surface area contributed by atoms with Crippen molar-refractivity contribution in [2.45, 2.75) is 44.0 Å². The topological polar surface area (TPSA) is 108 Å². The van der Waals surface area contributed by atoms with Crippen LogP contribution in [0.5, 0.6) is 0 Å². The van der Waals surface area contributed by atoms with Crippen LogP contribution in [0.3, 0.4) is 0 Å². The monoisotopic (exact) mass is 450 g/mol. The zero-order chi connectivity index (χ0) is 21.7. The van der Waals surface area contributed by atoms with E-state index in [0.717, 1.165) is 34.9 Å². The Balaban J connectivity index is 1.69. The van der Waals surface area contributed by atoms with Crippen molar-refractivity contribution in [3.8, 4) is 0 Å². The second kappa shape index (κ2) is 9.57. The molecule has 8 nitrogen and oxygen atoms in total. The summed E-state index contributed by atoms with van der Waals surface area (Å²) in [5, 5.41) is 6.90. The summed E-state index contributed by atoms with van der Waals surface area (Å²) < 4.78 is 27.0. The summed E-state index contributed by atoms with van der Waals surface area (Å²) in [6.45, 7) is 3.70. The average Bonchev–Trinajstić information content (AvgIpc) is 3.24. The number of nitrogens with zero attached hydrogens (tertiary/aromatic N) is 2. The van der Waals surface area contributed by atoms with E-state index >= 15 is 0 Å². The van der Waals surface area contributed by atoms with Crippen LogP contribution in [0.25, 0.3) is 0 Å². The predicted octanol–water partition coefficient (Wildman–Crippen LogP) is 2.99. The summed E-state index contributed by atoms with van der Waals surface area (Å²) in [4.78, 5) is 28.9. The maximum absolute atomic E-state index is 13.1. The standard InChI is InChI=1S/C20H26N4O4S2/c1-14-7-6-10-17(15(14)2)22-19(26)23-18(25)13-24(20-21-11-12-29-20)30(27,28)16-8-4-3-5-9-16/h3-5,8-9,11-12,14-15,17H,6-7,10,13H2,1-2H3,(H2,22,23,25,26)/t14-,15+,17+/m1/s1. The Kier molecular flexibility index (Phi) is 7.09. The second-order valence-corrected chi connectivity index (χ2v) is 10.3. The summed E-state index contributed by atoms with van der Waals surface area (Å²) in [6, 6.07) is 7.20. The van der Waals surface area contributed by atoms with Gasteiger partial charge in [-0.3, -0.25) is 10.1 Å². The van der Waals surface area contributed by atoms with E-state index in [0.29, 0.717) is 11.8 Å². The van der Waals surface area contributed by atoms with E-state index in [9.17, 15) is 18.0 Å². The number of urea groups is 1. The third kappa shape index (κ3) is 5.17. The van der Waals surface area contributed by atoms with Gasteiger partial charge in [0.15, 0.2) is 5.13 Å². The first kappa shape index (κ1) is 22.2. The van der Waals surface area contributed by atoms with Crippen LogP contribution in [0.2, 0.25) is 0 Å². The molecule has 1 fully saturated rings. The molecule has 3 amide bonds. The number of aromatic nitrogens is 1. The first-order chi connectivity index (χ1) is 14.3. The van der Waals surface area contributed by atoms with Crippen LogP contribution in [-0.4, -0.2) is 37.9 Å². The van der Waals surface area contributed by atoms with Gasteiger partial charge in [0.05, 0.1) is 4.90 Å². The van der Waals surface area contributed by atoms with Crippen molar-refractivity contribution in [1.82, 2.24) is 15.6 Å². The summed E-state index contributed by atoms with van der Waals surface area (Å²) in [6.07, 6.45) is 4.47. The summed E-state index contributed by atoms with van der Waals surface area (Å²) >= 11 is 1.10. The molecule has 1 saturated carbocycles. The minimum Gasteiger partial charge on any atom is -0.335 e. The molecule has 1 aromatic carbocycles. The number of hydrogen-bond acceptors (Lipinski definition) is 6. The molecule has 1 heterocycles. The highest BCUT2D eigenvalue weighted by molar-refractivity contribution is 7.93. The third-order valence-corrected chi connectivity index (χ3v) is 8.19. The van der Waals surface area contributed by atoms with Crippen molar-refractivity contribution in [1.29, 1.82) is 0 Å². The highest BCUT2D eigenvalue weighted by Crippen LogP contribution is 2.29. The van der Waals surface area contributed by atoms with Crippen LogP contribution < -0.4 is 14.9 Å². The number of imide groups is 1. The van der Waals surface area contributed by atoms with Gasteiger partial charge < -0.3 is 5.32 Å². The molecule has 0 unspecified atom stereocenters. The minimum atomic E-state index is -4.01. The molecule has 1 aliphatic rings. The molecule has 0 spiro atoms. The SMILES string of the molecule is C[C@H]1[C@H](C)CCC[C@@H]1NC(=O)NC(=O)CN(c1nccs1)S(=O)(=O)c1ccccc1. The van der Waals surface area contributed by atoms with Crippen LogP contribution in [0.15, 0.2) is 46.8 Å². The second-order valence-electron chi connectivity index (χ2n) is 7.53. The van der Waals surface area contributed by atoms with Gasteiger partial charge in [-0.05, 0) is 30.4 Å². The highest BCUT2D eigenvalue weighted by Gasteiger charge is 2.31. The molecular weight excluding hydrogens is 424 g/mol. The van der Waals surface area contributed by atoms with E-state index in [-0.39, 0.29) is 16.1 Å². The van der Waals surface area contributed by atoms with E-state index in [2.05, 4.69) is 29.5 Å². The molecule has 162 valence electrons. The molecule has 1 aromatic heterocycles. The van der Waals surface area contributed by atoms with Gasteiger partial charge in [0.25, 0.3) is 10.0 Å². The van der Waals surface area contributed by atoms with Crippen molar-refractivity contribution < 1.29 is 18.0 Å². The molecule has 10 heteroatoms. The van der Waals surface area contributed by atoms with Crippen LogP contribution in [0.1, 0.15) is 33.1 Å². The predicted molar refractivity (Wildman–Crippen MR) is 116 cm³/mol. The Morgan fingerprint density at radius 2 is 1.93 bits per heavy atom. The number of carbonyl (C=O) groups excluding carboxylic acids is 2. The molecule has 0 saturated heterocycles. The van der Waals surface area contributed by atoms with E-state index in [1.165, 1.54) is 18.3 Å². The van der Waals surface area contributed by atoms with Crippen LogP contribution in [0, 0.1) is 11.8 Å². The molecule has 30 heavy (non-hydrogen) atoms. The van der Waals surface area contributed by atoms with E-state index in [4.69, 9.17) is 0 Å². The van der Waals surface area contributed by atoms with Crippen molar-refractivity contribution >= 4 is 38.4 Å². The van der Waals surface area contributed by atoms with Gasteiger partial charge in [-0.1, -0.05) is 44.9 Å². The van der Waals surface area contributed by atoms with Crippen LogP contribution >= 0.6 is 11.3 Å². The maximum atomic E-state index is 13.1. The van der Waals surface area contributed by atoms with Crippen molar-refractivity contribution in [2.24, 2.45) is 11.8 Å². The molecule has 2 aromatic rings. The number of benzene rings is 1. The lowest BCUT2D eigenvalue weighted by Crippen LogP contribution is -2.51. The van der Waals surface area contributed by atoms with Gasteiger partial charge in [-0.2, -0.15) is 0 Å². The quantitative estimate of drug-likeness (QED) is 0.703. The summed E-state index contributed by atoms with van der Waals surface area (Å²) in [5.41, 5.74) is 0. The number of thiazole rings is 1. The Morgan fingerprint density at radius 3 is 2.60 bits per heavy atom. The van der Waals surface area contributed by atoms with Crippen molar-refractivity contribution in [3.05, 3.63) is 41.9 Å². The maximum Gasteiger partial charge on any atom is 0.321 e. The fraction of sp³-hybridized carbons (Fsp3) is 0.450. The Bertz CT molecular complexity index is 964. The molecule has 3 atom stereocenters. The van der Waals surface area contributed by atoms with E-state index in [1.54, 1.807) is 23.6 Å². The lowest BCUT2D eigenvalue weighted by atomic mass is 9.78. The number of hydrogen-bond donors (Lipinski definition) is 2. The minimum absolute atomic E-state index is 0.00957. The number of amides is 3. The van der Waals surface area contributed by atoms with Crippen LogP contribution in [-0.2, 0) is 14.8 Å². The molecule has 2 N–H and O–H groups in total. The summed E-state index contributed by atoms with van der Waals surface area (Å²) in [7, 11) is -4.01. The Labute approximate surface area is 180 Å². The van der Waals surface area contributed by atoms with Gasteiger partial charge in [-0.15, -0.1) is 11.3 Å². The number of anilines is 1. The number of nitrogens with one attached hydrogen (secondary N) is 2. The zero-order valence-corrected chi connectivity index (χ0v) is 18.6. The zero-order valence-electron chi connectivity index (χ0n) is 16.9. The lowest BCUT2D eigenvalue weighted by Gasteiger charge is -2.34. The average molecular weight is 451 g/mol. The largest absolute Gasteiger partial charge is 0.335 e. The van der Waals surface area contributed by atoms with Gasteiger partial charge in [0, 0.05) is 17.6 Å². The molecule has 1 aliphatic carbocycles. The molecular formula is C20H26N4O4S2. The number of carbonyl (C=O) groups is 2. The van der Waals surface area contributed by atoms with E-state index in [1.807, 2.05) is 0 Å². The number of sulfonamides is 1. The molecule has 0 radical (unpaired) electrons. The normalized spacial score (nSPS) is 21.6. The van der Waals surface area contributed by atoms with Gasteiger partial charge in [0.2, 0.25) is 5.91 Å². The number of rotatable bonds is 6. The first-order valence-corrected chi connectivity index (χ1v) is 12.2. The fourth-order valence-electron chi connectivity index (χ4n) is 3.60. The lowest BCUT2D eigenvalue weighted by molar-refractivity contribution is -0.118. The smallest absolute Gasteiger partial charge is 0.321 e. The summed E-state index contributed by atoms with van der Waals surface area (Å²) in [5.74, 6) is 0.0831. The van der Waals surface area contributed by atoms with Gasteiger partial charge >= 0.3 is 6.03 Å². The van der Waals surface area contributed by atoms with Crippen LogP contribution in [0.4, 0.5) is 9.93 Å². The first-order valence-electron chi connectivity index (χ1n) is 9.86. The molecule has 0 aliphatic heterocycles. The van der Waals surface area contributed by atoms with Gasteiger partial charge in [-0.25, -0.2) is 22.5 Å². The Morgan fingerprint density at radius 1 is 1.20 bits per heavy atom. The fourth-order valence-corrected chi connectivity index (χ4v) is 5.87. The Hall–Kier alpha value is -2.46. The molecule has 0 bridgehead atoms. The highest BCUT2D eigenvalue weighted by atomic mass is 32.2. The van der Waals surface area contributed by atoms with E-state index < -0.39 is 28.5 Å². The third-order valence-electron chi connectivity index (χ3n) is 5.53. The molecule has 3 rings (SSSR count). The van der Waals surface area contributed by atoms with Crippen molar-refractivity contribution in [2.75, 3.05) is 10.8 Å². The van der Waals surface area contributed by atoms with Crippen molar-refractivity contribution in [3.63, 3.8) is 0 Å². The van der Waals surface area contributed by atoms with Gasteiger partial charge in [0.1, 0.15) is 6.54 Å².